The highest BCUT2D eigenvalue weighted by Crippen LogP contribution is 2.26. The predicted molar refractivity (Wildman–Crippen MR) is 148 cm³/mol. The van der Waals surface area contributed by atoms with E-state index >= 15 is 0 Å². The molecule has 200 valence electrons. The van der Waals surface area contributed by atoms with E-state index in [0.717, 1.165) is 10.6 Å². The van der Waals surface area contributed by atoms with Crippen molar-refractivity contribution >= 4 is 62.6 Å². The molecule has 3 rings (SSSR count). The van der Waals surface area contributed by atoms with Gasteiger partial charge in [-0.2, -0.15) is 5.10 Å². The van der Waals surface area contributed by atoms with Gasteiger partial charge < -0.3 is 14.8 Å². The van der Waals surface area contributed by atoms with Crippen LogP contribution in [0.3, 0.4) is 0 Å². The third-order valence-corrected chi connectivity index (χ3v) is 6.43. The van der Waals surface area contributed by atoms with Gasteiger partial charge in [0.15, 0.2) is 6.61 Å². The molecule has 0 radical (unpaired) electrons. The van der Waals surface area contributed by atoms with Crippen molar-refractivity contribution in [3.05, 3.63) is 82.3 Å². The number of hydrogen-bond donors (Lipinski definition) is 2. The molecule has 0 aliphatic heterocycles. The van der Waals surface area contributed by atoms with Crippen molar-refractivity contribution in [2.75, 3.05) is 36.1 Å². The van der Waals surface area contributed by atoms with Crippen molar-refractivity contribution in [2.24, 2.45) is 5.10 Å². The van der Waals surface area contributed by atoms with E-state index in [4.69, 9.17) is 32.7 Å². The van der Waals surface area contributed by atoms with Crippen LogP contribution in [-0.2, 0) is 19.6 Å². The van der Waals surface area contributed by atoms with Crippen LogP contribution in [0, 0.1) is 0 Å². The molecule has 3 aromatic rings. The van der Waals surface area contributed by atoms with E-state index in [9.17, 15) is 18.0 Å². The third kappa shape index (κ3) is 8.94. The maximum absolute atomic E-state index is 12.3. The topological polar surface area (TPSA) is 126 Å². The monoisotopic (exact) mass is 578 g/mol. The summed E-state index contributed by atoms with van der Waals surface area (Å²) in [5, 5.41) is 7.03. The second-order valence-electron chi connectivity index (χ2n) is 7.82. The fourth-order valence-corrected chi connectivity index (χ4v) is 4.45. The summed E-state index contributed by atoms with van der Waals surface area (Å²) in [7, 11) is -2.25. The van der Waals surface area contributed by atoms with Gasteiger partial charge >= 0.3 is 0 Å². The van der Waals surface area contributed by atoms with E-state index in [-0.39, 0.29) is 28.2 Å². The Kier molecular flexibility index (Phi) is 9.94. The summed E-state index contributed by atoms with van der Waals surface area (Å²) in [5.41, 5.74) is 3.68. The second-order valence-corrected chi connectivity index (χ2v) is 10.6. The van der Waals surface area contributed by atoms with Gasteiger partial charge in [-0.25, -0.2) is 13.8 Å². The summed E-state index contributed by atoms with van der Waals surface area (Å²) in [4.78, 5) is 24.4. The SMILES string of the molecule is COc1ccc(NC(=O)COc2ccc(/C=N\NC(=O)CN(c3cc(Cl)cc(Cl)c3)S(C)(=O)=O)cc2)cc1. The van der Waals surface area contributed by atoms with Crippen LogP contribution in [0.5, 0.6) is 11.5 Å². The molecular formula is C25H24Cl2N4O6S. The Morgan fingerprint density at radius 3 is 2.13 bits per heavy atom. The van der Waals surface area contributed by atoms with Crippen molar-refractivity contribution in [1.82, 2.24) is 5.43 Å². The minimum atomic E-state index is -3.81. The minimum Gasteiger partial charge on any atom is -0.497 e. The van der Waals surface area contributed by atoms with Crippen LogP contribution in [0.25, 0.3) is 0 Å². The number of ether oxygens (including phenoxy) is 2. The fourth-order valence-electron chi connectivity index (χ4n) is 3.10. The first-order valence-corrected chi connectivity index (χ1v) is 13.6. The zero-order chi connectivity index (χ0) is 27.7. The highest BCUT2D eigenvalue weighted by atomic mass is 35.5. The lowest BCUT2D eigenvalue weighted by molar-refractivity contribution is -0.119. The maximum Gasteiger partial charge on any atom is 0.262 e. The van der Waals surface area contributed by atoms with Crippen molar-refractivity contribution in [3.63, 3.8) is 0 Å². The molecule has 2 amide bonds. The summed E-state index contributed by atoms with van der Waals surface area (Å²) < 4.78 is 35.8. The van der Waals surface area contributed by atoms with Crippen LogP contribution in [0.1, 0.15) is 5.56 Å². The predicted octanol–water partition coefficient (Wildman–Crippen LogP) is 3.94. The molecule has 0 heterocycles. The molecule has 0 saturated carbocycles. The number of hydrazone groups is 1. The Morgan fingerprint density at radius 2 is 1.55 bits per heavy atom. The minimum absolute atomic E-state index is 0.150. The molecule has 13 heteroatoms. The quantitative estimate of drug-likeness (QED) is 0.262. The Balaban J connectivity index is 1.50. The van der Waals surface area contributed by atoms with Crippen LogP contribution in [0.4, 0.5) is 11.4 Å². The molecule has 0 bridgehead atoms. The standard InChI is InChI=1S/C25H24Cl2N4O6S/c1-36-22-9-5-20(6-10-22)29-25(33)16-37-23-7-3-17(4-8-23)14-28-30-24(32)15-31(38(2,34)35)21-12-18(26)11-19(27)13-21/h3-14H,15-16H2,1-2H3,(H,29,33)(H,30,32)/b28-14-. The molecule has 0 fully saturated rings. The number of nitrogens with one attached hydrogen (secondary N) is 2. The highest BCUT2D eigenvalue weighted by molar-refractivity contribution is 7.92. The number of amides is 2. The first kappa shape index (κ1) is 28.8. The van der Waals surface area contributed by atoms with Crippen LogP contribution in [0.15, 0.2) is 71.8 Å². The summed E-state index contributed by atoms with van der Waals surface area (Å²) in [6.45, 7) is -0.720. The van der Waals surface area contributed by atoms with E-state index in [2.05, 4.69) is 15.8 Å². The maximum atomic E-state index is 12.3. The Bertz CT molecular complexity index is 1390. The molecule has 38 heavy (non-hydrogen) atoms. The van der Waals surface area contributed by atoms with Gasteiger partial charge in [0, 0.05) is 15.7 Å². The molecule has 0 aliphatic rings. The van der Waals surface area contributed by atoms with Crippen molar-refractivity contribution in [2.45, 2.75) is 0 Å². The summed E-state index contributed by atoms with van der Waals surface area (Å²) in [5.74, 6) is 0.138. The normalized spacial score (nSPS) is 11.2. The lowest BCUT2D eigenvalue weighted by atomic mass is 10.2. The molecule has 2 N–H and O–H groups in total. The van der Waals surface area contributed by atoms with Crippen LogP contribution >= 0.6 is 23.2 Å². The molecule has 0 atom stereocenters. The summed E-state index contributed by atoms with van der Waals surface area (Å²) in [6, 6.07) is 17.7. The van der Waals surface area contributed by atoms with Gasteiger partial charge in [-0.15, -0.1) is 0 Å². The number of methoxy groups -OCH3 is 1. The molecule has 0 spiro atoms. The molecule has 10 nitrogen and oxygen atoms in total. The van der Waals surface area contributed by atoms with Gasteiger partial charge in [0.05, 0.1) is 25.3 Å². The third-order valence-electron chi connectivity index (χ3n) is 4.85. The number of halogens is 2. The fraction of sp³-hybridized carbons (Fsp3) is 0.160. The first-order chi connectivity index (χ1) is 18.0. The van der Waals surface area contributed by atoms with Gasteiger partial charge in [0.25, 0.3) is 11.8 Å². The second kappa shape index (κ2) is 13.1. The molecule has 0 aromatic heterocycles. The average Bonchev–Trinajstić information content (AvgIpc) is 2.86. The lowest BCUT2D eigenvalue weighted by Gasteiger charge is -2.21. The average molecular weight is 579 g/mol. The lowest BCUT2D eigenvalue weighted by Crippen LogP contribution is -2.39. The van der Waals surface area contributed by atoms with Crippen molar-refractivity contribution in [1.29, 1.82) is 0 Å². The molecular weight excluding hydrogens is 555 g/mol. The Morgan fingerprint density at radius 1 is 0.947 bits per heavy atom. The van der Waals surface area contributed by atoms with E-state index in [1.165, 1.54) is 24.4 Å². The number of sulfonamides is 1. The Labute approximate surface area is 230 Å². The number of benzene rings is 3. The van der Waals surface area contributed by atoms with Gasteiger partial charge in [0.2, 0.25) is 10.0 Å². The van der Waals surface area contributed by atoms with Gasteiger partial charge in [-0.3, -0.25) is 13.9 Å². The number of carbonyl (C=O) groups excluding carboxylic acids is 2. The molecule has 0 aliphatic carbocycles. The first-order valence-electron chi connectivity index (χ1n) is 11.0. The number of nitrogens with zero attached hydrogens (tertiary/aromatic N) is 2. The largest absolute Gasteiger partial charge is 0.497 e. The zero-order valence-electron chi connectivity index (χ0n) is 20.4. The zero-order valence-corrected chi connectivity index (χ0v) is 22.7. The van der Waals surface area contributed by atoms with Crippen LogP contribution in [0.2, 0.25) is 10.0 Å². The van der Waals surface area contributed by atoms with E-state index in [1.807, 2.05) is 0 Å². The van der Waals surface area contributed by atoms with E-state index in [1.54, 1.807) is 55.6 Å². The van der Waals surface area contributed by atoms with E-state index in [0.29, 0.717) is 22.7 Å². The van der Waals surface area contributed by atoms with Gasteiger partial charge in [-0.05, 0) is 72.3 Å². The molecule has 3 aromatic carbocycles. The van der Waals surface area contributed by atoms with Gasteiger partial charge in [-0.1, -0.05) is 23.2 Å². The number of hydrogen-bond acceptors (Lipinski definition) is 7. The van der Waals surface area contributed by atoms with Crippen molar-refractivity contribution in [3.8, 4) is 11.5 Å². The Hall–Kier alpha value is -3.80. The number of anilines is 2. The van der Waals surface area contributed by atoms with Gasteiger partial charge in [0.1, 0.15) is 18.0 Å². The van der Waals surface area contributed by atoms with Crippen molar-refractivity contribution < 1.29 is 27.5 Å². The number of carbonyl (C=O) groups is 2. The summed E-state index contributed by atoms with van der Waals surface area (Å²) in [6.07, 6.45) is 2.34. The molecule has 0 saturated heterocycles. The van der Waals surface area contributed by atoms with Crippen LogP contribution < -0.4 is 24.5 Å². The van der Waals surface area contributed by atoms with E-state index < -0.39 is 22.5 Å². The smallest absolute Gasteiger partial charge is 0.262 e. The van der Waals surface area contributed by atoms with Crippen LogP contribution in [-0.4, -0.2) is 53.0 Å². The highest BCUT2D eigenvalue weighted by Gasteiger charge is 2.21. The number of rotatable bonds is 11. The molecule has 0 unspecified atom stereocenters. The summed E-state index contributed by atoms with van der Waals surface area (Å²) >= 11 is 11.9.